The summed E-state index contributed by atoms with van der Waals surface area (Å²) in [6.45, 7) is 2.31. The topological polar surface area (TPSA) is 26.3 Å². The fourth-order valence-electron chi connectivity index (χ4n) is 5.89. The molecule has 2 aromatic carbocycles. The van der Waals surface area contributed by atoms with Crippen molar-refractivity contribution >= 4 is 17.6 Å². The molecular weight excluding hydrogens is 423 g/mol. The highest BCUT2D eigenvalue weighted by Crippen LogP contribution is 2.44. The van der Waals surface area contributed by atoms with E-state index in [1.54, 1.807) is 0 Å². The van der Waals surface area contributed by atoms with Crippen molar-refractivity contribution in [3.05, 3.63) is 64.4 Å². The van der Waals surface area contributed by atoms with E-state index in [9.17, 15) is 9.18 Å². The molecule has 0 unspecified atom stereocenters. The summed E-state index contributed by atoms with van der Waals surface area (Å²) in [6.07, 6.45) is 13.7. The van der Waals surface area contributed by atoms with E-state index in [0.717, 1.165) is 23.8 Å². The monoisotopic (exact) mass is 456 g/mol. The number of esters is 1. The van der Waals surface area contributed by atoms with Crippen LogP contribution in [0.25, 0.3) is 0 Å². The van der Waals surface area contributed by atoms with Gasteiger partial charge < -0.3 is 4.74 Å². The van der Waals surface area contributed by atoms with Crippen molar-refractivity contribution in [3.63, 3.8) is 0 Å². The zero-order valence-corrected chi connectivity index (χ0v) is 19.8. The lowest BCUT2D eigenvalue weighted by atomic mass is 9.68. The molecule has 0 bridgehead atoms. The summed E-state index contributed by atoms with van der Waals surface area (Å²) in [7, 11) is 0. The van der Waals surface area contributed by atoms with Gasteiger partial charge in [-0.3, -0.25) is 0 Å². The third-order valence-corrected chi connectivity index (χ3v) is 8.04. The molecule has 32 heavy (non-hydrogen) atoms. The minimum absolute atomic E-state index is 0.0885. The molecule has 0 atom stereocenters. The van der Waals surface area contributed by atoms with E-state index in [1.807, 2.05) is 12.1 Å². The molecule has 0 aromatic heterocycles. The van der Waals surface area contributed by atoms with Crippen molar-refractivity contribution in [2.75, 3.05) is 0 Å². The molecule has 2 nitrogen and oxygen atoms in total. The van der Waals surface area contributed by atoms with Crippen molar-refractivity contribution in [1.29, 1.82) is 0 Å². The molecule has 0 N–H and O–H groups in total. The molecule has 0 saturated heterocycles. The van der Waals surface area contributed by atoms with Gasteiger partial charge in [-0.15, -0.1) is 0 Å². The summed E-state index contributed by atoms with van der Waals surface area (Å²) in [5, 5.41) is 0.0885. The first-order valence-electron chi connectivity index (χ1n) is 12.3. The van der Waals surface area contributed by atoms with Gasteiger partial charge in [-0.2, -0.15) is 0 Å². The molecule has 0 amide bonds. The number of rotatable bonds is 6. The van der Waals surface area contributed by atoms with Gasteiger partial charge in [0.2, 0.25) is 0 Å². The highest BCUT2D eigenvalue weighted by molar-refractivity contribution is 6.32. The van der Waals surface area contributed by atoms with Gasteiger partial charge in [0, 0.05) is 0 Å². The standard InChI is InChI=1S/C28H34ClFO2/c1-2-3-19-4-6-20(7-5-19)21-8-10-22(11-9-21)23-12-14-24(15-13-23)28(31)32-27-17-16-25(30)18-26(27)29/h12-22H,2-11H2,1H3/t19-,20-,21?,22?. The smallest absolute Gasteiger partial charge is 0.343 e. The molecule has 172 valence electrons. The highest BCUT2D eigenvalue weighted by atomic mass is 35.5. The van der Waals surface area contributed by atoms with E-state index in [1.165, 1.54) is 81.9 Å². The van der Waals surface area contributed by atoms with Crippen molar-refractivity contribution < 1.29 is 13.9 Å². The van der Waals surface area contributed by atoms with Crippen LogP contribution in [0.2, 0.25) is 5.02 Å². The average molecular weight is 457 g/mol. The Kier molecular flexibility index (Phi) is 7.88. The van der Waals surface area contributed by atoms with Crippen LogP contribution >= 0.6 is 11.6 Å². The molecule has 4 rings (SSSR count). The summed E-state index contributed by atoms with van der Waals surface area (Å²) in [6, 6.07) is 11.5. The van der Waals surface area contributed by atoms with E-state index in [-0.39, 0.29) is 10.8 Å². The van der Waals surface area contributed by atoms with Crippen LogP contribution in [0.4, 0.5) is 4.39 Å². The van der Waals surface area contributed by atoms with Gasteiger partial charge in [-0.05, 0) is 98.1 Å². The van der Waals surface area contributed by atoms with Crippen LogP contribution < -0.4 is 4.74 Å². The number of carbonyl (C=O) groups excluding carboxylic acids is 1. The lowest BCUT2D eigenvalue weighted by Gasteiger charge is -2.38. The lowest BCUT2D eigenvalue weighted by molar-refractivity contribution is 0.0734. The van der Waals surface area contributed by atoms with Gasteiger partial charge >= 0.3 is 5.97 Å². The summed E-state index contributed by atoms with van der Waals surface area (Å²) >= 11 is 5.96. The summed E-state index contributed by atoms with van der Waals surface area (Å²) in [5.74, 6) is 2.65. The van der Waals surface area contributed by atoms with Crippen molar-refractivity contribution in [2.24, 2.45) is 17.8 Å². The SMILES string of the molecule is CCC[C@H]1CC[C@H](C2CCC(c3ccc(C(=O)Oc4ccc(F)cc4Cl)cc3)CC2)CC1. The molecule has 2 fully saturated rings. The number of hydrogen-bond acceptors (Lipinski definition) is 2. The Labute approximate surface area is 196 Å². The van der Waals surface area contributed by atoms with Gasteiger partial charge in [0.25, 0.3) is 0 Å². The second-order valence-corrected chi connectivity index (χ2v) is 10.2. The first kappa shape index (κ1) is 23.3. The van der Waals surface area contributed by atoms with Gasteiger partial charge in [-0.25, -0.2) is 9.18 Å². The Morgan fingerprint density at radius 3 is 2.16 bits per heavy atom. The Hall–Kier alpha value is -1.87. The highest BCUT2D eigenvalue weighted by Gasteiger charge is 2.31. The van der Waals surface area contributed by atoms with E-state index >= 15 is 0 Å². The van der Waals surface area contributed by atoms with E-state index in [0.29, 0.717) is 11.5 Å². The second-order valence-electron chi connectivity index (χ2n) is 9.77. The average Bonchev–Trinajstić information content (AvgIpc) is 2.82. The van der Waals surface area contributed by atoms with Crippen LogP contribution in [0.3, 0.4) is 0 Å². The van der Waals surface area contributed by atoms with Crippen molar-refractivity contribution in [3.8, 4) is 5.75 Å². The maximum absolute atomic E-state index is 13.2. The molecule has 2 saturated carbocycles. The predicted molar refractivity (Wildman–Crippen MR) is 128 cm³/mol. The summed E-state index contributed by atoms with van der Waals surface area (Å²) in [5.41, 5.74) is 1.79. The van der Waals surface area contributed by atoms with Crippen LogP contribution in [0.1, 0.15) is 93.0 Å². The van der Waals surface area contributed by atoms with Crippen LogP contribution in [0.5, 0.6) is 5.75 Å². The van der Waals surface area contributed by atoms with E-state index in [4.69, 9.17) is 16.3 Å². The lowest BCUT2D eigenvalue weighted by Crippen LogP contribution is -2.25. The fraction of sp³-hybridized carbons (Fsp3) is 0.536. The molecule has 0 spiro atoms. The Morgan fingerprint density at radius 2 is 1.56 bits per heavy atom. The minimum atomic E-state index is -0.479. The van der Waals surface area contributed by atoms with Crippen LogP contribution in [-0.2, 0) is 0 Å². The van der Waals surface area contributed by atoms with Crippen LogP contribution in [-0.4, -0.2) is 5.97 Å². The molecular formula is C28H34ClFO2. The molecule has 0 radical (unpaired) electrons. The Morgan fingerprint density at radius 1 is 0.938 bits per heavy atom. The molecule has 0 aliphatic heterocycles. The summed E-state index contributed by atoms with van der Waals surface area (Å²) < 4.78 is 18.5. The quantitative estimate of drug-likeness (QED) is 0.321. The van der Waals surface area contributed by atoms with E-state index in [2.05, 4.69) is 19.1 Å². The molecule has 0 heterocycles. The largest absolute Gasteiger partial charge is 0.421 e. The molecule has 2 aliphatic rings. The maximum Gasteiger partial charge on any atom is 0.343 e. The van der Waals surface area contributed by atoms with Crippen molar-refractivity contribution in [1.82, 2.24) is 0 Å². The number of ether oxygens (including phenoxy) is 1. The van der Waals surface area contributed by atoms with Gasteiger partial charge in [0.1, 0.15) is 11.6 Å². The van der Waals surface area contributed by atoms with E-state index < -0.39 is 11.8 Å². The minimum Gasteiger partial charge on any atom is -0.421 e. The maximum atomic E-state index is 13.2. The number of benzene rings is 2. The number of carbonyl (C=O) groups is 1. The predicted octanol–water partition coefficient (Wildman–Crippen LogP) is 8.58. The zero-order valence-electron chi connectivity index (χ0n) is 19.0. The van der Waals surface area contributed by atoms with Gasteiger partial charge in [-0.1, -0.05) is 56.3 Å². The fourth-order valence-corrected chi connectivity index (χ4v) is 6.09. The molecule has 4 heteroatoms. The first-order valence-corrected chi connectivity index (χ1v) is 12.7. The third kappa shape index (κ3) is 5.73. The second kappa shape index (κ2) is 10.8. The molecule has 2 aliphatic carbocycles. The van der Waals surface area contributed by atoms with Crippen LogP contribution in [0, 0.1) is 23.6 Å². The first-order chi connectivity index (χ1) is 15.5. The normalized spacial score (nSPS) is 26.0. The summed E-state index contributed by atoms with van der Waals surface area (Å²) in [4.78, 5) is 12.4. The Bertz CT molecular complexity index is 894. The van der Waals surface area contributed by atoms with Gasteiger partial charge in [0.15, 0.2) is 0 Å². The van der Waals surface area contributed by atoms with Crippen LogP contribution in [0.15, 0.2) is 42.5 Å². The number of halogens is 2. The third-order valence-electron chi connectivity index (χ3n) is 7.74. The molecule has 2 aromatic rings. The number of hydrogen-bond donors (Lipinski definition) is 0. The van der Waals surface area contributed by atoms with Gasteiger partial charge in [0.05, 0.1) is 10.6 Å². The van der Waals surface area contributed by atoms with Crippen molar-refractivity contribution in [2.45, 2.75) is 77.0 Å². The Balaban J connectivity index is 1.28. The zero-order chi connectivity index (χ0) is 22.5.